The molecule has 1 aliphatic carbocycles. The van der Waals surface area contributed by atoms with Gasteiger partial charge in [-0.3, -0.25) is 4.79 Å². The van der Waals surface area contributed by atoms with Crippen molar-refractivity contribution in [2.45, 2.75) is 42.9 Å². The molecule has 0 bridgehead atoms. The number of fused-ring (bicyclic) bond motifs is 1. The topological polar surface area (TPSA) is 100 Å². The minimum atomic E-state index is -0.392. The highest BCUT2D eigenvalue weighted by Crippen LogP contribution is 2.51. The molecule has 6 nitrogen and oxygen atoms in total. The van der Waals surface area contributed by atoms with Crippen molar-refractivity contribution in [1.29, 1.82) is 0 Å². The van der Waals surface area contributed by atoms with E-state index >= 15 is 0 Å². The van der Waals surface area contributed by atoms with Gasteiger partial charge >= 0.3 is 0 Å². The van der Waals surface area contributed by atoms with Gasteiger partial charge in [-0.15, -0.1) is 0 Å². The summed E-state index contributed by atoms with van der Waals surface area (Å²) in [5.74, 6) is 2.78. The number of carbonyl (C=O) groups excluding carboxylic acids is 1. The molecule has 3 N–H and O–H groups in total. The highest BCUT2D eigenvalue weighted by atomic mass is 32.2. The minimum absolute atomic E-state index is 0. The first kappa shape index (κ1) is 26.5. The first-order chi connectivity index (χ1) is 17.6. The fraction of sp³-hybridized carbons (Fsp3) is 0.233. The molecule has 7 heteroatoms. The third kappa shape index (κ3) is 5.91. The van der Waals surface area contributed by atoms with Crippen molar-refractivity contribution in [2.75, 3.05) is 6.79 Å². The van der Waals surface area contributed by atoms with E-state index in [9.17, 15) is 4.79 Å². The average molecular weight is 519 g/mol. The lowest BCUT2D eigenvalue weighted by atomic mass is 9.87. The summed E-state index contributed by atoms with van der Waals surface area (Å²) in [6.45, 7) is 2.31. The van der Waals surface area contributed by atoms with Gasteiger partial charge in [0.2, 0.25) is 6.79 Å². The zero-order valence-corrected chi connectivity index (χ0v) is 21.4. The van der Waals surface area contributed by atoms with Crippen molar-refractivity contribution in [1.82, 2.24) is 0 Å². The molecule has 1 saturated carbocycles. The highest BCUT2D eigenvalue weighted by Gasteiger charge is 2.50. The molecule has 0 radical (unpaired) electrons. The summed E-state index contributed by atoms with van der Waals surface area (Å²) in [6, 6.07) is 25.6. The molecule has 1 aromatic heterocycles. The van der Waals surface area contributed by atoms with Crippen LogP contribution in [-0.2, 0) is 23.1 Å². The molecule has 0 spiro atoms. The standard InChI is InChI=1S/C24H20O4S.C6H8O.H2O/c25-23(24(10-11-24)19-6-9-21-22(14-19)28-15-27-21)13-16-2-1-3-18(12-16)17-4-7-20(29-26)8-5-17;1-2-6-4-3-5-7-6;/h1-9,12,14,26H,10-11,13,15H2;3-5H,2H2,1H3;1H2. The monoisotopic (exact) mass is 518 g/mol. The van der Waals surface area contributed by atoms with E-state index in [0.717, 1.165) is 75.7 Å². The zero-order valence-electron chi connectivity index (χ0n) is 20.6. The van der Waals surface area contributed by atoms with E-state index < -0.39 is 5.41 Å². The van der Waals surface area contributed by atoms with Crippen LogP contribution in [0.3, 0.4) is 0 Å². The molecule has 6 rings (SSSR count). The first-order valence-electron chi connectivity index (χ1n) is 12.1. The van der Waals surface area contributed by atoms with Gasteiger partial charge in [0, 0.05) is 29.8 Å². The number of furan rings is 1. The maximum absolute atomic E-state index is 13.2. The Morgan fingerprint density at radius 3 is 2.35 bits per heavy atom. The fourth-order valence-corrected chi connectivity index (χ4v) is 4.74. The average Bonchev–Trinajstić information content (AvgIpc) is 3.32. The van der Waals surface area contributed by atoms with Gasteiger partial charge in [-0.25, -0.2) is 0 Å². The summed E-state index contributed by atoms with van der Waals surface area (Å²) in [4.78, 5) is 14.0. The molecule has 2 heterocycles. The Morgan fingerprint density at radius 2 is 1.70 bits per heavy atom. The third-order valence-electron chi connectivity index (χ3n) is 6.72. The lowest BCUT2D eigenvalue weighted by Crippen LogP contribution is -2.22. The van der Waals surface area contributed by atoms with Crippen molar-refractivity contribution in [3.05, 3.63) is 102 Å². The molecule has 3 aromatic carbocycles. The number of ether oxygens (including phenoxy) is 2. The number of carbonyl (C=O) groups is 1. The van der Waals surface area contributed by atoms with Crippen LogP contribution in [0, 0.1) is 0 Å². The normalized spacial score (nSPS) is 14.2. The number of benzene rings is 3. The van der Waals surface area contributed by atoms with E-state index in [1.54, 1.807) is 6.26 Å². The molecular formula is C30H30O6S. The molecule has 2 aliphatic rings. The van der Waals surface area contributed by atoms with Crippen LogP contribution >= 0.6 is 12.0 Å². The Balaban J connectivity index is 0.000000349. The second-order valence-corrected chi connectivity index (χ2v) is 9.65. The van der Waals surface area contributed by atoms with Gasteiger partial charge in [-0.2, -0.15) is 0 Å². The molecule has 0 saturated heterocycles. The van der Waals surface area contributed by atoms with Crippen LogP contribution in [0.4, 0.5) is 0 Å². The van der Waals surface area contributed by atoms with E-state index in [4.69, 9.17) is 18.4 Å². The Hall–Kier alpha value is -3.52. The van der Waals surface area contributed by atoms with Gasteiger partial charge in [0.25, 0.3) is 0 Å². The van der Waals surface area contributed by atoms with Gasteiger partial charge in [-0.1, -0.05) is 49.4 Å². The number of hydrogen-bond donors (Lipinski definition) is 1. The summed E-state index contributed by atoms with van der Waals surface area (Å²) in [5, 5.41) is 0. The molecule has 192 valence electrons. The van der Waals surface area contributed by atoms with Crippen molar-refractivity contribution < 1.29 is 28.7 Å². The molecule has 4 aromatic rings. The number of aryl methyl sites for hydroxylation is 1. The highest BCUT2D eigenvalue weighted by molar-refractivity contribution is 7.93. The number of ketones is 1. The summed E-state index contributed by atoms with van der Waals surface area (Å²) in [5.41, 5.74) is 3.78. The predicted octanol–water partition coefficient (Wildman–Crippen LogP) is 6.51. The second-order valence-electron chi connectivity index (χ2n) is 9.00. The number of rotatable bonds is 7. The maximum Gasteiger partial charge on any atom is 0.231 e. The van der Waals surface area contributed by atoms with Gasteiger partial charge in [0.05, 0.1) is 11.7 Å². The van der Waals surface area contributed by atoms with Crippen LogP contribution in [0.5, 0.6) is 11.5 Å². The van der Waals surface area contributed by atoms with Crippen LogP contribution in [0.15, 0.2) is 94.4 Å². The zero-order chi connectivity index (χ0) is 25.0. The lowest BCUT2D eigenvalue weighted by molar-refractivity contribution is -0.120. The molecule has 0 atom stereocenters. The van der Waals surface area contributed by atoms with Gasteiger partial charge in [0.15, 0.2) is 11.5 Å². The SMILES string of the molecule is CCc1ccco1.O.O=C(Cc1cccc(-c2ccc(SO)cc2)c1)C1(c2ccc3c(c2)OCO3)CC1. The quantitative estimate of drug-likeness (QED) is 0.280. The van der Waals surface area contributed by atoms with Crippen molar-refractivity contribution in [3.63, 3.8) is 0 Å². The van der Waals surface area contributed by atoms with Crippen molar-refractivity contribution in [3.8, 4) is 22.6 Å². The second kappa shape index (κ2) is 11.7. The maximum atomic E-state index is 13.2. The van der Waals surface area contributed by atoms with Gasteiger partial charge in [-0.05, 0) is 71.5 Å². The Morgan fingerprint density at radius 1 is 0.919 bits per heavy atom. The first-order valence-corrected chi connectivity index (χ1v) is 12.9. The lowest BCUT2D eigenvalue weighted by Gasteiger charge is -2.15. The Bertz CT molecular complexity index is 1330. The summed E-state index contributed by atoms with van der Waals surface area (Å²) >= 11 is 0.738. The third-order valence-corrected chi connectivity index (χ3v) is 7.21. The van der Waals surface area contributed by atoms with Crippen LogP contribution < -0.4 is 9.47 Å². The van der Waals surface area contributed by atoms with E-state index in [1.807, 2.05) is 72.8 Å². The molecule has 1 fully saturated rings. The fourth-order valence-electron chi connectivity index (χ4n) is 4.49. The van der Waals surface area contributed by atoms with Crippen molar-refractivity contribution >= 4 is 17.8 Å². The Kier molecular flexibility index (Phi) is 8.38. The summed E-state index contributed by atoms with van der Waals surface area (Å²) in [7, 11) is 0. The summed E-state index contributed by atoms with van der Waals surface area (Å²) < 4.78 is 25.0. The largest absolute Gasteiger partial charge is 0.469 e. The number of Topliss-reactive ketones (excluding diaryl/α,β-unsaturated/α-hetero) is 1. The smallest absolute Gasteiger partial charge is 0.231 e. The molecule has 1 aliphatic heterocycles. The van der Waals surface area contributed by atoms with E-state index in [0.29, 0.717) is 6.42 Å². The van der Waals surface area contributed by atoms with Crippen LogP contribution in [0.1, 0.15) is 36.7 Å². The Labute approximate surface area is 220 Å². The molecular weight excluding hydrogens is 488 g/mol. The van der Waals surface area contributed by atoms with Crippen molar-refractivity contribution in [2.24, 2.45) is 0 Å². The van der Waals surface area contributed by atoms with E-state index in [2.05, 4.69) is 13.0 Å². The summed E-state index contributed by atoms with van der Waals surface area (Å²) in [6.07, 6.45) is 4.86. The van der Waals surface area contributed by atoms with Gasteiger partial charge < -0.3 is 23.9 Å². The number of hydrogen-bond acceptors (Lipinski definition) is 6. The van der Waals surface area contributed by atoms with Gasteiger partial charge in [0.1, 0.15) is 11.5 Å². The van der Waals surface area contributed by atoms with E-state index in [1.165, 1.54) is 0 Å². The molecule has 0 amide bonds. The molecule has 0 unspecified atom stereocenters. The minimum Gasteiger partial charge on any atom is -0.469 e. The predicted molar refractivity (Wildman–Crippen MR) is 144 cm³/mol. The van der Waals surface area contributed by atoms with Crippen LogP contribution in [-0.4, -0.2) is 22.6 Å². The molecule has 37 heavy (non-hydrogen) atoms. The van der Waals surface area contributed by atoms with Crippen LogP contribution in [0.25, 0.3) is 11.1 Å². The van der Waals surface area contributed by atoms with Crippen LogP contribution in [0.2, 0.25) is 0 Å². The van der Waals surface area contributed by atoms with E-state index in [-0.39, 0.29) is 18.1 Å².